The van der Waals surface area contributed by atoms with Crippen molar-refractivity contribution in [2.45, 2.75) is 0 Å². The van der Waals surface area contributed by atoms with Crippen molar-refractivity contribution >= 4 is 75.1 Å². The van der Waals surface area contributed by atoms with Gasteiger partial charge < -0.3 is 9.13 Å². The minimum absolute atomic E-state index is 0.347. The number of nitrogens with zero attached hydrogens (tertiary/aromatic N) is 6. The first-order valence-corrected chi connectivity index (χ1v) is 20.8. The minimum Gasteiger partial charge on any atom is -0.307 e. The van der Waals surface area contributed by atoms with E-state index in [1.54, 1.807) is 11.3 Å². The molecule has 0 saturated heterocycles. The van der Waals surface area contributed by atoms with Crippen LogP contribution in [0.2, 0.25) is 0 Å². The quantitative estimate of drug-likeness (QED) is 0.174. The van der Waals surface area contributed by atoms with Gasteiger partial charge in [0, 0.05) is 64.1 Å². The molecule has 282 valence electrons. The van der Waals surface area contributed by atoms with Gasteiger partial charge in [-0.1, -0.05) is 121 Å². The molecule has 0 radical (unpaired) electrons. The summed E-state index contributed by atoms with van der Waals surface area (Å²) in [6.07, 6.45) is 0. The van der Waals surface area contributed by atoms with E-state index in [4.69, 9.17) is 9.97 Å². The molecule has 0 spiro atoms. The summed E-state index contributed by atoms with van der Waals surface area (Å²) in [6.45, 7) is 0. The summed E-state index contributed by atoms with van der Waals surface area (Å²) >= 11 is 1.76. The van der Waals surface area contributed by atoms with E-state index >= 15 is 0 Å². The topological polar surface area (TPSA) is 83.2 Å². The molecule has 0 amide bonds. The van der Waals surface area contributed by atoms with Crippen LogP contribution in [0.5, 0.6) is 0 Å². The first-order chi connectivity index (χ1) is 30.2. The van der Waals surface area contributed by atoms with E-state index in [0.29, 0.717) is 33.9 Å². The Bertz CT molecular complexity index is 3840. The van der Waals surface area contributed by atoms with E-state index in [-0.39, 0.29) is 0 Å². The number of hydrogen-bond acceptors (Lipinski definition) is 5. The van der Waals surface area contributed by atoms with Gasteiger partial charge in [0.15, 0.2) is 5.82 Å². The van der Waals surface area contributed by atoms with Crippen LogP contribution < -0.4 is 0 Å². The van der Waals surface area contributed by atoms with Gasteiger partial charge in [-0.25, -0.2) is 9.97 Å². The molecule has 0 N–H and O–H groups in total. The Balaban J connectivity index is 1.12. The highest BCUT2D eigenvalue weighted by molar-refractivity contribution is 7.25. The lowest BCUT2D eigenvalue weighted by Crippen LogP contribution is -2.03. The molecule has 61 heavy (non-hydrogen) atoms. The molecule has 12 aromatic rings. The summed E-state index contributed by atoms with van der Waals surface area (Å²) in [5.74, 6) is 0.506. The summed E-state index contributed by atoms with van der Waals surface area (Å²) in [7, 11) is 0. The zero-order valence-electron chi connectivity index (χ0n) is 32.4. The van der Waals surface area contributed by atoms with Crippen LogP contribution >= 0.6 is 11.3 Å². The number of hydrogen-bond donors (Lipinski definition) is 0. The first kappa shape index (κ1) is 34.7. The summed E-state index contributed by atoms with van der Waals surface area (Å²) < 4.78 is 6.98. The van der Waals surface area contributed by atoms with E-state index < -0.39 is 0 Å². The Morgan fingerprint density at radius 3 is 1.70 bits per heavy atom. The van der Waals surface area contributed by atoms with Gasteiger partial charge in [0.05, 0.1) is 44.7 Å². The number of para-hydroxylation sites is 3. The third kappa shape index (κ3) is 5.25. The van der Waals surface area contributed by atoms with Gasteiger partial charge in [0.2, 0.25) is 0 Å². The standard InChI is InChI=1S/C54H30N6S/c55-31-36-29-34(51-44(32-56)50(33-13-3-1-4-14-33)57-54(58-51)35-24-28-49-43(30-35)40-19-9-12-22-48(40)61-49)23-27-45(36)60-47-21-11-8-18-39(47)42-26-25-41-38-17-7-10-20-46(38)59(52(41)53(42)60)37-15-5-2-6-16-37/h1-30H. The molecule has 7 heteroatoms. The second kappa shape index (κ2) is 13.6. The fraction of sp³-hybridized carbons (Fsp3) is 0. The summed E-state index contributed by atoms with van der Waals surface area (Å²) in [6, 6.07) is 67.2. The predicted octanol–water partition coefficient (Wildman–Crippen LogP) is 13.8. The van der Waals surface area contributed by atoms with Crippen LogP contribution in [0, 0.1) is 22.7 Å². The highest BCUT2D eigenvalue weighted by Crippen LogP contribution is 2.43. The molecule has 8 aromatic carbocycles. The van der Waals surface area contributed by atoms with Crippen molar-refractivity contribution < 1.29 is 0 Å². The molecule has 6 nitrogen and oxygen atoms in total. The van der Waals surface area contributed by atoms with Crippen molar-refractivity contribution in [3.05, 3.63) is 193 Å². The second-order valence-corrected chi connectivity index (χ2v) is 16.2. The maximum absolute atomic E-state index is 11.1. The largest absolute Gasteiger partial charge is 0.307 e. The number of aromatic nitrogens is 4. The van der Waals surface area contributed by atoms with Crippen LogP contribution in [0.4, 0.5) is 0 Å². The van der Waals surface area contributed by atoms with Crippen LogP contribution in [-0.4, -0.2) is 19.1 Å². The molecule has 0 atom stereocenters. The maximum atomic E-state index is 11.1. The van der Waals surface area contributed by atoms with Crippen molar-refractivity contribution in [3.63, 3.8) is 0 Å². The zero-order chi connectivity index (χ0) is 40.6. The first-order valence-electron chi connectivity index (χ1n) is 20.0. The van der Waals surface area contributed by atoms with Gasteiger partial charge in [-0.2, -0.15) is 10.5 Å². The Morgan fingerprint density at radius 2 is 1.00 bits per heavy atom. The normalized spacial score (nSPS) is 11.6. The number of rotatable bonds is 5. The summed E-state index contributed by atoms with van der Waals surface area (Å²) in [5.41, 5.74) is 10.1. The van der Waals surface area contributed by atoms with E-state index in [1.165, 1.54) is 14.8 Å². The van der Waals surface area contributed by atoms with Crippen molar-refractivity contribution in [3.8, 4) is 57.4 Å². The van der Waals surface area contributed by atoms with E-state index in [0.717, 1.165) is 71.5 Å². The maximum Gasteiger partial charge on any atom is 0.160 e. The molecule has 0 aliphatic carbocycles. The number of fused-ring (bicyclic) bond motifs is 10. The molecule has 12 rings (SSSR count). The van der Waals surface area contributed by atoms with Crippen LogP contribution in [0.3, 0.4) is 0 Å². The van der Waals surface area contributed by atoms with Gasteiger partial charge in [-0.15, -0.1) is 11.3 Å². The molecule has 0 aliphatic rings. The molecule has 0 saturated carbocycles. The smallest absolute Gasteiger partial charge is 0.160 e. The average molecular weight is 795 g/mol. The van der Waals surface area contributed by atoms with E-state index in [9.17, 15) is 10.5 Å². The predicted molar refractivity (Wildman–Crippen MR) is 249 cm³/mol. The van der Waals surface area contributed by atoms with Crippen LogP contribution in [-0.2, 0) is 0 Å². The molecule has 0 fully saturated rings. The summed E-state index contributed by atoms with van der Waals surface area (Å²) in [4.78, 5) is 10.3. The van der Waals surface area contributed by atoms with Gasteiger partial charge >= 0.3 is 0 Å². The second-order valence-electron chi connectivity index (χ2n) is 15.1. The molecular weight excluding hydrogens is 765 g/mol. The average Bonchev–Trinajstić information content (AvgIpc) is 3.99. The molecule has 4 heterocycles. The lowest BCUT2D eigenvalue weighted by Gasteiger charge is -2.15. The highest BCUT2D eigenvalue weighted by Gasteiger charge is 2.24. The zero-order valence-corrected chi connectivity index (χ0v) is 33.2. The SMILES string of the molecule is N#Cc1cc(-c2nc(-c3ccc4sc5ccccc5c4c3)nc(-c3ccccc3)c2C#N)ccc1-n1c2ccccc2c2ccc3c4ccccc4n(-c4ccccc4)c3c21. The monoisotopic (exact) mass is 794 g/mol. The van der Waals surface area contributed by atoms with Crippen LogP contribution in [0.15, 0.2) is 182 Å². The van der Waals surface area contributed by atoms with Gasteiger partial charge in [-0.05, 0) is 60.7 Å². The number of thiophene rings is 1. The fourth-order valence-corrected chi connectivity index (χ4v) is 10.2. The van der Waals surface area contributed by atoms with Crippen LogP contribution in [0.1, 0.15) is 11.1 Å². The number of nitriles is 2. The lowest BCUT2D eigenvalue weighted by atomic mass is 9.98. The molecule has 4 aromatic heterocycles. The van der Waals surface area contributed by atoms with Gasteiger partial charge in [0.1, 0.15) is 17.7 Å². The number of benzene rings is 8. The van der Waals surface area contributed by atoms with E-state index in [1.807, 2.05) is 60.7 Å². The van der Waals surface area contributed by atoms with Gasteiger partial charge in [-0.3, -0.25) is 0 Å². The van der Waals surface area contributed by atoms with Gasteiger partial charge in [0.25, 0.3) is 0 Å². The third-order valence-electron chi connectivity index (χ3n) is 11.8. The Hall–Kier alpha value is -8.36. The highest BCUT2D eigenvalue weighted by atomic mass is 32.1. The van der Waals surface area contributed by atoms with Crippen LogP contribution in [0.25, 0.3) is 109 Å². The minimum atomic E-state index is 0.347. The molecule has 0 unspecified atom stereocenters. The summed E-state index contributed by atoms with van der Waals surface area (Å²) in [5, 5.41) is 28.7. The van der Waals surface area contributed by atoms with Crippen molar-refractivity contribution in [1.29, 1.82) is 10.5 Å². The fourth-order valence-electron chi connectivity index (χ4n) is 9.14. The van der Waals surface area contributed by atoms with E-state index in [2.05, 4.69) is 143 Å². The van der Waals surface area contributed by atoms with Crippen molar-refractivity contribution in [2.24, 2.45) is 0 Å². The lowest BCUT2D eigenvalue weighted by molar-refractivity contribution is 1.14. The molecule has 0 bridgehead atoms. The van der Waals surface area contributed by atoms with Crippen molar-refractivity contribution in [2.75, 3.05) is 0 Å². The Morgan fingerprint density at radius 1 is 0.426 bits per heavy atom. The molecule has 0 aliphatic heterocycles. The third-order valence-corrected chi connectivity index (χ3v) is 13.0. The molecular formula is C54H30N6S. The van der Waals surface area contributed by atoms with Crippen molar-refractivity contribution in [1.82, 2.24) is 19.1 Å². The Labute approximate surface area is 353 Å². The Kier molecular flexibility index (Phi) is 7.73.